The van der Waals surface area contributed by atoms with Gasteiger partial charge in [-0.15, -0.1) is 0 Å². The van der Waals surface area contributed by atoms with Crippen molar-refractivity contribution < 1.29 is 4.39 Å². The summed E-state index contributed by atoms with van der Waals surface area (Å²) in [5.41, 5.74) is 2.38. The zero-order valence-corrected chi connectivity index (χ0v) is 11.5. The molecule has 0 radical (unpaired) electrons. The van der Waals surface area contributed by atoms with Gasteiger partial charge in [-0.3, -0.25) is 9.99 Å². The lowest BCUT2D eigenvalue weighted by Gasteiger charge is -2.06. The van der Waals surface area contributed by atoms with Gasteiger partial charge in [0.2, 0.25) is 11.9 Å². The molecule has 3 N–H and O–H groups in total. The normalized spacial score (nSPS) is 10.6. The molecule has 2 heterocycles. The lowest BCUT2D eigenvalue weighted by atomic mass is 10.4. The number of aromatic nitrogens is 5. The molecule has 0 atom stereocenters. The van der Waals surface area contributed by atoms with Crippen molar-refractivity contribution in [3.8, 4) is 5.95 Å². The Morgan fingerprint density at radius 1 is 1.24 bits per heavy atom. The summed E-state index contributed by atoms with van der Waals surface area (Å²) in [6.45, 7) is 0. The molecule has 2 aromatic heterocycles. The van der Waals surface area contributed by atoms with Crippen LogP contribution in [0.5, 0.6) is 0 Å². The highest BCUT2D eigenvalue weighted by Gasteiger charge is 2.09. The second kappa shape index (κ2) is 5.85. The zero-order chi connectivity index (χ0) is 14.7. The summed E-state index contributed by atoms with van der Waals surface area (Å²) in [7, 11) is 0. The zero-order valence-electron chi connectivity index (χ0n) is 10.6. The Morgan fingerprint density at radius 2 is 2.14 bits per heavy atom. The number of nitrogens with two attached hydrogens (primary N) is 1. The van der Waals surface area contributed by atoms with Gasteiger partial charge in [0, 0.05) is 17.3 Å². The molecule has 0 unspecified atom stereocenters. The van der Waals surface area contributed by atoms with E-state index in [1.54, 1.807) is 35.4 Å². The average Bonchev–Trinajstić information content (AvgIpc) is 3.01. The highest BCUT2D eigenvalue weighted by molar-refractivity contribution is 7.99. The third-order valence-corrected chi connectivity index (χ3v) is 3.33. The number of nitrogens with one attached hydrogen (secondary N) is 1. The van der Waals surface area contributed by atoms with E-state index in [0.29, 0.717) is 16.0 Å². The summed E-state index contributed by atoms with van der Waals surface area (Å²) in [5.74, 6) is 5.63. The Morgan fingerprint density at radius 3 is 2.86 bits per heavy atom. The molecular formula is C12H10FN7S. The molecule has 0 aliphatic carbocycles. The summed E-state index contributed by atoms with van der Waals surface area (Å²) in [6, 6.07) is 6.17. The number of benzene rings is 1. The van der Waals surface area contributed by atoms with Crippen LogP contribution in [0.15, 0.2) is 53.0 Å². The molecular weight excluding hydrogens is 293 g/mol. The molecule has 0 saturated heterocycles. The van der Waals surface area contributed by atoms with Crippen LogP contribution in [0.25, 0.3) is 5.95 Å². The molecule has 0 fully saturated rings. The molecule has 21 heavy (non-hydrogen) atoms. The first-order valence-electron chi connectivity index (χ1n) is 5.89. The van der Waals surface area contributed by atoms with Crippen LogP contribution in [-0.4, -0.2) is 24.5 Å². The van der Waals surface area contributed by atoms with Gasteiger partial charge in [0.25, 0.3) is 0 Å². The highest BCUT2D eigenvalue weighted by Crippen LogP contribution is 2.26. The van der Waals surface area contributed by atoms with Gasteiger partial charge in [0.05, 0.1) is 0 Å². The minimum absolute atomic E-state index is 0.215. The minimum atomic E-state index is -0.318. The summed E-state index contributed by atoms with van der Waals surface area (Å²) in [4.78, 5) is 17.2. The fraction of sp³-hybridized carbons (Fsp3) is 0. The SMILES string of the molecule is NNc1nc(Sc2cccc(F)c2)nc(-n2ccnc2)n1. The standard InChI is InChI=1S/C12H10FN7S/c13-8-2-1-3-9(6-8)21-12-17-10(19-14)16-11(18-12)20-5-4-15-7-20/h1-7H,14H2,(H,16,17,18,19). The molecule has 106 valence electrons. The molecule has 9 heteroatoms. The molecule has 0 aliphatic heterocycles. The van der Waals surface area contributed by atoms with Gasteiger partial charge >= 0.3 is 0 Å². The molecule has 0 aliphatic rings. The van der Waals surface area contributed by atoms with Crippen LogP contribution in [0, 0.1) is 5.82 Å². The van der Waals surface area contributed by atoms with Crippen molar-refractivity contribution in [2.45, 2.75) is 10.1 Å². The molecule has 0 amide bonds. The van der Waals surface area contributed by atoms with Crippen molar-refractivity contribution in [1.82, 2.24) is 24.5 Å². The van der Waals surface area contributed by atoms with E-state index in [9.17, 15) is 4.39 Å². The van der Waals surface area contributed by atoms with Gasteiger partial charge in [0.1, 0.15) is 12.1 Å². The Bertz CT molecular complexity index is 747. The number of imidazole rings is 1. The third-order valence-electron chi connectivity index (χ3n) is 2.47. The molecule has 3 aromatic rings. The molecule has 3 rings (SSSR count). The van der Waals surface area contributed by atoms with E-state index in [0.717, 1.165) is 0 Å². The van der Waals surface area contributed by atoms with Crippen molar-refractivity contribution in [2.24, 2.45) is 5.84 Å². The monoisotopic (exact) mass is 303 g/mol. The first kappa shape index (κ1) is 13.5. The average molecular weight is 303 g/mol. The number of nitrogen functional groups attached to an aromatic ring is 1. The fourth-order valence-corrected chi connectivity index (χ4v) is 2.37. The Hall–Kier alpha value is -2.52. The predicted octanol–water partition coefficient (Wildman–Crippen LogP) is 1.63. The number of hydrazine groups is 1. The van der Waals surface area contributed by atoms with Gasteiger partial charge in [-0.05, 0) is 30.0 Å². The Kier molecular flexibility index (Phi) is 3.75. The maximum atomic E-state index is 13.2. The number of hydrogen-bond donors (Lipinski definition) is 2. The van der Waals surface area contributed by atoms with Crippen LogP contribution in [0.3, 0.4) is 0 Å². The Labute approximate surface area is 123 Å². The van der Waals surface area contributed by atoms with Gasteiger partial charge in [0.15, 0.2) is 5.16 Å². The van der Waals surface area contributed by atoms with Crippen LogP contribution >= 0.6 is 11.8 Å². The number of nitrogens with zero attached hydrogens (tertiary/aromatic N) is 5. The predicted molar refractivity (Wildman–Crippen MR) is 75.3 cm³/mol. The van der Waals surface area contributed by atoms with Crippen LogP contribution in [0.1, 0.15) is 0 Å². The Balaban J connectivity index is 1.96. The molecule has 0 spiro atoms. The van der Waals surface area contributed by atoms with Gasteiger partial charge in [-0.25, -0.2) is 15.2 Å². The van der Waals surface area contributed by atoms with Gasteiger partial charge < -0.3 is 0 Å². The lowest BCUT2D eigenvalue weighted by Crippen LogP contribution is -2.13. The molecule has 0 saturated carbocycles. The number of rotatable bonds is 4. The summed E-state index contributed by atoms with van der Waals surface area (Å²) >= 11 is 1.21. The van der Waals surface area contributed by atoms with E-state index >= 15 is 0 Å². The van der Waals surface area contributed by atoms with Crippen molar-refractivity contribution in [2.75, 3.05) is 5.43 Å². The summed E-state index contributed by atoms with van der Waals surface area (Å²) in [5, 5.41) is 0.396. The minimum Gasteiger partial charge on any atom is -0.292 e. The number of anilines is 1. The lowest BCUT2D eigenvalue weighted by molar-refractivity contribution is 0.624. The second-order valence-electron chi connectivity index (χ2n) is 3.92. The number of halogens is 1. The number of hydrogen-bond acceptors (Lipinski definition) is 7. The largest absolute Gasteiger partial charge is 0.292 e. The summed E-state index contributed by atoms with van der Waals surface area (Å²) in [6.07, 6.45) is 4.87. The first-order valence-corrected chi connectivity index (χ1v) is 6.71. The quantitative estimate of drug-likeness (QED) is 0.559. The van der Waals surface area contributed by atoms with Crippen LogP contribution < -0.4 is 11.3 Å². The van der Waals surface area contributed by atoms with Crippen LogP contribution in [0.4, 0.5) is 10.3 Å². The van der Waals surface area contributed by atoms with Crippen molar-refractivity contribution in [3.63, 3.8) is 0 Å². The second-order valence-corrected chi connectivity index (χ2v) is 4.96. The van der Waals surface area contributed by atoms with Crippen molar-refractivity contribution in [3.05, 3.63) is 48.8 Å². The maximum absolute atomic E-state index is 13.2. The van der Waals surface area contributed by atoms with E-state index < -0.39 is 0 Å². The van der Waals surface area contributed by atoms with Crippen LogP contribution in [0.2, 0.25) is 0 Å². The van der Waals surface area contributed by atoms with Gasteiger partial charge in [-0.2, -0.15) is 15.0 Å². The molecule has 1 aromatic carbocycles. The van der Waals surface area contributed by atoms with E-state index in [4.69, 9.17) is 5.84 Å². The van der Waals surface area contributed by atoms with Gasteiger partial charge in [-0.1, -0.05) is 6.07 Å². The molecule has 0 bridgehead atoms. The fourth-order valence-electron chi connectivity index (χ4n) is 1.58. The van der Waals surface area contributed by atoms with E-state index in [-0.39, 0.29) is 11.8 Å². The van der Waals surface area contributed by atoms with E-state index in [2.05, 4.69) is 25.4 Å². The van der Waals surface area contributed by atoms with E-state index in [1.165, 1.54) is 23.9 Å². The smallest absolute Gasteiger partial charge is 0.242 e. The van der Waals surface area contributed by atoms with Crippen molar-refractivity contribution in [1.29, 1.82) is 0 Å². The first-order chi connectivity index (χ1) is 10.2. The van der Waals surface area contributed by atoms with Crippen molar-refractivity contribution >= 4 is 17.7 Å². The third kappa shape index (κ3) is 3.15. The maximum Gasteiger partial charge on any atom is 0.242 e. The molecule has 7 nitrogen and oxygen atoms in total. The summed E-state index contributed by atoms with van der Waals surface area (Å²) < 4.78 is 14.8. The van der Waals surface area contributed by atoms with E-state index in [1.807, 2.05) is 0 Å². The van der Waals surface area contributed by atoms with Crippen LogP contribution in [-0.2, 0) is 0 Å². The highest BCUT2D eigenvalue weighted by atomic mass is 32.2. The topological polar surface area (TPSA) is 94.5 Å².